The van der Waals surface area contributed by atoms with E-state index < -0.39 is 10.0 Å². The van der Waals surface area contributed by atoms with Crippen molar-refractivity contribution in [2.75, 3.05) is 25.0 Å². The molecule has 0 unspecified atom stereocenters. The van der Waals surface area contributed by atoms with Gasteiger partial charge in [-0.05, 0) is 85.9 Å². The molecule has 2 aromatic carbocycles. The Morgan fingerprint density at radius 1 is 1.03 bits per heavy atom. The summed E-state index contributed by atoms with van der Waals surface area (Å²) >= 11 is 5.23. The molecule has 0 saturated carbocycles. The minimum Gasteiger partial charge on any atom is -0.494 e. The van der Waals surface area contributed by atoms with Gasteiger partial charge in [-0.15, -0.1) is 0 Å². The predicted molar refractivity (Wildman–Crippen MR) is 134 cm³/mol. The van der Waals surface area contributed by atoms with Crippen LogP contribution in [0.3, 0.4) is 0 Å². The molecule has 0 bridgehead atoms. The Labute approximate surface area is 201 Å². The highest BCUT2D eigenvalue weighted by molar-refractivity contribution is 7.89. The molecular weight excluding hydrogens is 458 g/mol. The molecule has 9 heteroatoms. The van der Waals surface area contributed by atoms with Crippen molar-refractivity contribution in [1.29, 1.82) is 0 Å². The topological polar surface area (TPSA) is 87.7 Å². The van der Waals surface area contributed by atoms with Gasteiger partial charge in [-0.1, -0.05) is 20.3 Å². The van der Waals surface area contributed by atoms with E-state index >= 15 is 0 Å². The number of thiocarbonyl (C=S) groups is 1. The summed E-state index contributed by atoms with van der Waals surface area (Å²) in [5, 5.41) is 5.68. The van der Waals surface area contributed by atoms with Crippen LogP contribution < -0.4 is 15.4 Å². The van der Waals surface area contributed by atoms with Crippen LogP contribution in [-0.4, -0.2) is 43.4 Å². The molecule has 2 aromatic rings. The smallest absolute Gasteiger partial charge is 0.257 e. The summed E-state index contributed by atoms with van der Waals surface area (Å²) in [4.78, 5) is 12.7. The van der Waals surface area contributed by atoms with Crippen LogP contribution in [-0.2, 0) is 10.0 Å². The van der Waals surface area contributed by atoms with E-state index in [0.717, 1.165) is 25.7 Å². The lowest BCUT2D eigenvalue weighted by molar-refractivity contribution is 0.0977. The van der Waals surface area contributed by atoms with Crippen molar-refractivity contribution in [3.63, 3.8) is 0 Å². The Kier molecular flexibility index (Phi) is 8.82. The molecule has 1 fully saturated rings. The van der Waals surface area contributed by atoms with Gasteiger partial charge in [0.05, 0.1) is 11.5 Å². The van der Waals surface area contributed by atoms with Crippen LogP contribution in [0.1, 0.15) is 49.9 Å². The molecule has 1 aliphatic heterocycles. The van der Waals surface area contributed by atoms with Crippen LogP contribution >= 0.6 is 12.2 Å². The minimum absolute atomic E-state index is 0.129. The van der Waals surface area contributed by atoms with Gasteiger partial charge in [-0.3, -0.25) is 10.1 Å². The van der Waals surface area contributed by atoms with Gasteiger partial charge in [-0.2, -0.15) is 4.31 Å². The Balaban J connectivity index is 1.52. The van der Waals surface area contributed by atoms with Gasteiger partial charge in [0.25, 0.3) is 5.91 Å². The zero-order valence-corrected chi connectivity index (χ0v) is 20.7. The van der Waals surface area contributed by atoms with Crippen molar-refractivity contribution in [1.82, 2.24) is 9.62 Å². The molecule has 2 N–H and O–H groups in total. The zero-order valence-electron chi connectivity index (χ0n) is 19.0. The Morgan fingerprint density at radius 3 is 2.27 bits per heavy atom. The number of nitrogens with zero attached hydrogens (tertiary/aromatic N) is 1. The average Bonchev–Trinajstić information content (AvgIpc) is 2.80. The second-order valence-electron chi connectivity index (χ2n) is 8.45. The number of carbonyl (C=O) groups excluding carboxylic acids is 1. The normalized spacial score (nSPS) is 14.6. The van der Waals surface area contributed by atoms with Crippen LogP contribution in [0.5, 0.6) is 5.75 Å². The molecule has 33 heavy (non-hydrogen) atoms. The van der Waals surface area contributed by atoms with Crippen molar-refractivity contribution in [2.24, 2.45) is 5.92 Å². The van der Waals surface area contributed by atoms with Crippen LogP contribution in [0.15, 0.2) is 53.4 Å². The van der Waals surface area contributed by atoms with Gasteiger partial charge in [0.1, 0.15) is 5.75 Å². The van der Waals surface area contributed by atoms with Gasteiger partial charge in [0.2, 0.25) is 10.0 Å². The predicted octanol–water partition coefficient (Wildman–Crippen LogP) is 4.41. The third-order valence-corrected chi connectivity index (χ3v) is 7.49. The molecule has 0 atom stereocenters. The largest absolute Gasteiger partial charge is 0.494 e. The summed E-state index contributed by atoms with van der Waals surface area (Å²) in [6.07, 6.45) is 3.81. The van der Waals surface area contributed by atoms with Crippen molar-refractivity contribution in [3.05, 3.63) is 54.1 Å². The SMILES string of the molecule is CC(C)CCOc1ccc(C(=O)NC(=S)Nc2ccc(S(=O)(=O)N3CCCCC3)cc2)cc1. The maximum atomic E-state index is 12.7. The summed E-state index contributed by atoms with van der Waals surface area (Å²) < 4.78 is 32.7. The van der Waals surface area contributed by atoms with Gasteiger partial charge >= 0.3 is 0 Å². The first-order chi connectivity index (χ1) is 15.8. The first-order valence-electron chi connectivity index (χ1n) is 11.2. The van der Waals surface area contributed by atoms with E-state index in [-0.39, 0.29) is 15.9 Å². The Bertz CT molecular complexity index is 1050. The molecule has 1 aliphatic rings. The van der Waals surface area contributed by atoms with Crippen LogP contribution in [0.2, 0.25) is 0 Å². The Hall–Kier alpha value is -2.49. The fourth-order valence-electron chi connectivity index (χ4n) is 3.42. The van der Waals surface area contributed by atoms with Gasteiger partial charge in [-0.25, -0.2) is 8.42 Å². The van der Waals surface area contributed by atoms with E-state index in [2.05, 4.69) is 24.5 Å². The number of nitrogens with one attached hydrogen (secondary N) is 2. The lowest BCUT2D eigenvalue weighted by atomic mass is 10.1. The average molecular weight is 490 g/mol. The van der Waals surface area contributed by atoms with Gasteiger partial charge in [0.15, 0.2) is 5.11 Å². The second kappa shape index (κ2) is 11.6. The number of ether oxygens (including phenoxy) is 1. The fourth-order valence-corrected chi connectivity index (χ4v) is 5.14. The highest BCUT2D eigenvalue weighted by Crippen LogP contribution is 2.22. The summed E-state index contributed by atoms with van der Waals surface area (Å²) in [7, 11) is -3.48. The molecule has 0 aliphatic carbocycles. The monoisotopic (exact) mass is 489 g/mol. The molecule has 1 heterocycles. The van der Waals surface area contributed by atoms with Crippen LogP contribution in [0, 0.1) is 5.92 Å². The number of rotatable bonds is 8. The lowest BCUT2D eigenvalue weighted by Crippen LogP contribution is -2.35. The van der Waals surface area contributed by atoms with Crippen LogP contribution in [0.4, 0.5) is 5.69 Å². The number of amides is 1. The number of anilines is 1. The van der Waals surface area contributed by atoms with Crippen LogP contribution in [0.25, 0.3) is 0 Å². The van der Waals surface area contributed by atoms with Crippen molar-refractivity contribution in [2.45, 2.75) is 44.4 Å². The maximum Gasteiger partial charge on any atom is 0.257 e. The molecule has 3 rings (SSSR count). The first-order valence-corrected chi connectivity index (χ1v) is 13.1. The lowest BCUT2D eigenvalue weighted by Gasteiger charge is -2.25. The summed E-state index contributed by atoms with van der Waals surface area (Å²) in [6.45, 7) is 6.03. The fraction of sp³-hybridized carbons (Fsp3) is 0.417. The summed E-state index contributed by atoms with van der Waals surface area (Å²) in [5.74, 6) is 0.942. The number of hydrogen-bond acceptors (Lipinski definition) is 5. The molecule has 0 spiro atoms. The van der Waals surface area contributed by atoms with Crippen molar-refractivity contribution < 1.29 is 17.9 Å². The molecule has 1 amide bonds. The molecule has 0 aromatic heterocycles. The Morgan fingerprint density at radius 2 is 1.67 bits per heavy atom. The molecule has 178 valence electrons. The molecule has 1 saturated heterocycles. The number of piperidine rings is 1. The number of hydrogen-bond donors (Lipinski definition) is 2. The van der Waals surface area contributed by atoms with E-state index in [1.54, 1.807) is 48.5 Å². The van der Waals surface area contributed by atoms with E-state index in [1.165, 1.54) is 4.31 Å². The first kappa shape index (κ1) is 25.1. The highest BCUT2D eigenvalue weighted by Gasteiger charge is 2.25. The third-order valence-electron chi connectivity index (χ3n) is 5.37. The van der Waals surface area contributed by atoms with Gasteiger partial charge in [0, 0.05) is 24.3 Å². The van der Waals surface area contributed by atoms with Crippen molar-refractivity contribution >= 4 is 38.9 Å². The summed E-state index contributed by atoms with van der Waals surface area (Å²) in [5.41, 5.74) is 1.05. The quantitative estimate of drug-likeness (QED) is 0.534. The number of sulfonamides is 1. The van der Waals surface area contributed by atoms with E-state index in [0.29, 0.717) is 42.6 Å². The van der Waals surface area contributed by atoms with E-state index in [4.69, 9.17) is 17.0 Å². The zero-order chi connectivity index (χ0) is 23.8. The standard InChI is InChI=1S/C24H31N3O4S2/c1-18(2)14-17-31-21-10-6-19(7-11-21)23(28)26-24(32)25-20-8-12-22(13-9-20)33(29,30)27-15-4-3-5-16-27/h6-13,18H,3-5,14-17H2,1-2H3,(H2,25,26,28,32). The minimum atomic E-state index is -3.48. The van der Waals surface area contributed by atoms with Crippen molar-refractivity contribution in [3.8, 4) is 5.75 Å². The summed E-state index contributed by atoms with van der Waals surface area (Å²) in [6, 6.07) is 13.3. The molecule has 0 radical (unpaired) electrons. The highest BCUT2D eigenvalue weighted by atomic mass is 32.2. The molecule has 7 nitrogen and oxygen atoms in total. The third kappa shape index (κ3) is 7.25. The van der Waals surface area contributed by atoms with E-state index in [9.17, 15) is 13.2 Å². The van der Waals surface area contributed by atoms with E-state index in [1.807, 2.05) is 0 Å². The molecular formula is C24H31N3O4S2. The van der Waals surface area contributed by atoms with Gasteiger partial charge < -0.3 is 10.1 Å². The number of benzene rings is 2. The second-order valence-corrected chi connectivity index (χ2v) is 10.8. The maximum absolute atomic E-state index is 12.7. The number of carbonyl (C=O) groups is 1.